The van der Waals surface area contributed by atoms with Gasteiger partial charge in [0.1, 0.15) is 5.75 Å². The molecule has 1 amide bonds. The smallest absolute Gasteiger partial charge is 0.226 e. The highest BCUT2D eigenvalue weighted by molar-refractivity contribution is 9.10. The molecule has 2 N–H and O–H groups in total. The lowest BCUT2D eigenvalue weighted by Crippen LogP contribution is -2.33. The number of nitrogens with one attached hydrogen (secondary N) is 2. The van der Waals surface area contributed by atoms with Gasteiger partial charge in [-0.3, -0.25) is 9.78 Å². The molecule has 5 rings (SSSR count). The van der Waals surface area contributed by atoms with E-state index in [9.17, 15) is 4.79 Å². The molecule has 0 aliphatic carbocycles. The van der Waals surface area contributed by atoms with E-state index >= 15 is 0 Å². The molecule has 0 spiro atoms. The van der Waals surface area contributed by atoms with Crippen LogP contribution in [0.5, 0.6) is 5.75 Å². The predicted molar refractivity (Wildman–Crippen MR) is 161 cm³/mol. The zero-order valence-corrected chi connectivity index (χ0v) is 24.4. The highest BCUT2D eigenvalue weighted by Crippen LogP contribution is 2.42. The summed E-state index contributed by atoms with van der Waals surface area (Å²) in [4.78, 5) is 19.8. The molecule has 39 heavy (non-hydrogen) atoms. The van der Waals surface area contributed by atoms with Crippen molar-refractivity contribution in [3.8, 4) is 11.4 Å². The molecule has 0 unspecified atom stereocenters. The molecule has 1 aliphatic rings. The number of thiocarbonyl (C=S) groups is 1. The minimum atomic E-state index is -0.163. The summed E-state index contributed by atoms with van der Waals surface area (Å²) in [6.45, 7) is 4.68. The van der Waals surface area contributed by atoms with Gasteiger partial charge in [-0.05, 0) is 90.0 Å². The molecule has 1 saturated heterocycles. The van der Waals surface area contributed by atoms with Crippen LogP contribution in [0.3, 0.4) is 0 Å². The average Bonchev–Trinajstić information content (AvgIpc) is 3.42. The van der Waals surface area contributed by atoms with Crippen LogP contribution < -0.4 is 15.4 Å². The van der Waals surface area contributed by atoms with E-state index in [0.717, 1.165) is 32.8 Å². The molecular formula is C30H30BrN5O2S. The Bertz CT molecular complexity index is 1510. The molecule has 4 aromatic rings. The number of nitrogens with zero attached hydrogens (tertiary/aromatic N) is 3. The first-order chi connectivity index (χ1) is 18.9. The van der Waals surface area contributed by atoms with Gasteiger partial charge in [-0.1, -0.05) is 30.3 Å². The van der Waals surface area contributed by atoms with Gasteiger partial charge in [0, 0.05) is 35.0 Å². The maximum Gasteiger partial charge on any atom is 0.226 e. The van der Waals surface area contributed by atoms with Crippen molar-refractivity contribution in [3.05, 3.63) is 106 Å². The van der Waals surface area contributed by atoms with Crippen molar-refractivity contribution < 1.29 is 9.53 Å². The number of para-hydroxylation sites is 3. The van der Waals surface area contributed by atoms with Gasteiger partial charge in [0.2, 0.25) is 5.91 Å². The molecule has 3 heterocycles. The van der Waals surface area contributed by atoms with Crippen molar-refractivity contribution in [3.63, 3.8) is 0 Å². The maximum absolute atomic E-state index is 13.0. The zero-order chi connectivity index (χ0) is 27.5. The summed E-state index contributed by atoms with van der Waals surface area (Å²) in [5, 5.41) is 7.07. The Morgan fingerprint density at radius 3 is 2.59 bits per heavy atom. The van der Waals surface area contributed by atoms with Crippen LogP contribution in [0.1, 0.15) is 41.1 Å². The predicted octanol–water partition coefficient (Wildman–Crippen LogP) is 6.26. The number of pyridine rings is 1. The van der Waals surface area contributed by atoms with Gasteiger partial charge in [-0.15, -0.1) is 0 Å². The number of halogens is 1. The van der Waals surface area contributed by atoms with Gasteiger partial charge in [0.15, 0.2) is 5.11 Å². The number of amides is 1. The minimum Gasteiger partial charge on any atom is -0.495 e. The van der Waals surface area contributed by atoms with Gasteiger partial charge in [-0.2, -0.15) is 0 Å². The minimum absolute atomic E-state index is 0.110. The third-order valence-electron chi connectivity index (χ3n) is 7.04. The molecule has 7 nitrogen and oxygen atoms in total. The molecular weight excluding hydrogens is 574 g/mol. The first-order valence-electron chi connectivity index (χ1n) is 12.7. The zero-order valence-electron chi connectivity index (χ0n) is 22.0. The van der Waals surface area contributed by atoms with Crippen LogP contribution >= 0.6 is 28.1 Å². The molecule has 200 valence electrons. The van der Waals surface area contributed by atoms with Crippen molar-refractivity contribution in [1.82, 2.24) is 19.8 Å². The molecule has 9 heteroatoms. The summed E-state index contributed by atoms with van der Waals surface area (Å²) >= 11 is 9.55. The number of rotatable bonds is 8. The Kier molecular flexibility index (Phi) is 7.99. The third kappa shape index (κ3) is 5.42. The summed E-state index contributed by atoms with van der Waals surface area (Å²) in [5.74, 6) is 0.512. The number of hydrogen-bond donors (Lipinski definition) is 2. The highest BCUT2D eigenvalue weighted by Gasteiger charge is 2.41. The average molecular weight is 605 g/mol. The highest BCUT2D eigenvalue weighted by atomic mass is 79.9. The van der Waals surface area contributed by atoms with Crippen LogP contribution in [0.2, 0.25) is 0 Å². The quantitative estimate of drug-likeness (QED) is 0.232. The molecule has 0 saturated carbocycles. The topological polar surface area (TPSA) is 71.4 Å². The van der Waals surface area contributed by atoms with Crippen molar-refractivity contribution in [2.45, 2.75) is 32.4 Å². The molecule has 0 bridgehead atoms. The van der Waals surface area contributed by atoms with E-state index in [1.165, 1.54) is 0 Å². The Morgan fingerprint density at radius 1 is 1.10 bits per heavy atom. The van der Waals surface area contributed by atoms with Crippen molar-refractivity contribution in [2.24, 2.45) is 0 Å². The van der Waals surface area contributed by atoms with Crippen molar-refractivity contribution in [1.29, 1.82) is 0 Å². The number of aryl methyl sites for hydroxylation is 1. The third-order valence-corrected chi connectivity index (χ3v) is 8.06. The Morgan fingerprint density at radius 2 is 1.85 bits per heavy atom. The summed E-state index contributed by atoms with van der Waals surface area (Å²) in [6, 6.07) is 23.4. The van der Waals surface area contributed by atoms with Crippen LogP contribution in [-0.4, -0.2) is 39.1 Å². The van der Waals surface area contributed by atoms with Crippen molar-refractivity contribution >= 4 is 44.9 Å². The molecule has 2 aromatic carbocycles. The van der Waals surface area contributed by atoms with E-state index < -0.39 is 0 Å². The fourth-order valence-corrected chi connectivity index (χ4v) is 6.05. The fraction of sp³-hybridized carbons (Fsp3) is 0.233. The van der Waals surface area contributed by atoms with Gasteiger partial charge >= 0.3 is 0 Å². The first-order valence-corrected chi connectivity index (χ1v) is 13.9. The summed E-state index contributed by atoms with van der Waals surface area (Å²) in [5.41, 5.74) is 5.98. The number of carbonyl (C=O) groups excluding carboxylic acids is 1. The van der Waals surface area contributed by atoms with E-state index in [0.29, 0.717) is 23.1 Å². The molecule has 1 fully saturated rings. The molecule has 2 aromatic heterocycles. The van der Waals surface area contributed by atoms with E-state index in [-0.39, 0.29) is 24.4 Å². The normalized spacial score (nSPS) is 16.7. The second-order valence-corrected chi connectivity index (χ2v) is 10.7. The number of aromatic nitrogens is 2. The van der Waals surface area contributed by atoms with Crippen LogP contribution in [0.15, 0.2) is 83.5 Å². The number of methoxy groups -OCH3 is 1. The Balaban J connectivity index is 1.47. The van der Waals surface area contributed by atoms with E-state index in [1.54, 1.807) is 13.3 Å². The lowest BCUT2D eigenvalue weighted by molar-refractivity contribution is -0.116. The second-order valence-electron chi connectivity index (χ2n) is 9.43. The number of carbonyl (C=O) groups is 1. The van der Waals surface area contributed by atoms with Crippen LogP contribution in [0, 0.1) is 13.8 Å². The largest absolute Gasteiger partial charge is 0.495 e. The number of benzene rings is 2. The Labute approximate surface area is 242 Å². The number of anilines is 1. The Hall–Kier alpha value is -3.69. The van der Waals surface area contributed by atoms with Gasteiger partial charge < -0.3 is 24.8 Å². The van der Waals surface area contributed by atoms with E-state index in [1.807, 2.05) is 60.7 Å². The lowest BCUT2D eigenvalue weighted by atomic mass is 9.96. The number of hydrogen-bond acceptors (Lipinski definition) is 4. The van der Waals surface area contributed by atoms with Gasteiger partial charge in [-0.25, -0.2) is 0 Å². The van der Waals surface area contributed by atoms with Crippen LogP contribution in [0.25, 0.3) is 5.69 Å². The second kappa shape index (κ2) is 11.6. The molecule has 0 radical (unpaired) electrons. The number of ether oxygens (including phenoxy) is 1. The summed E-state index contributed by atoms with van der Waals surface area (Å²) < 4.78 is 8.65. The van der Waals surface area contributed by atoms with Crippen molar-refractivity contribution in [2.75, 3.05) is 19.0 Å². The first kappa shape index (κ1) is 26.9. The SMILES string of the molecule is COc1ccccc1NC(=O)CCN1C(=S)N[C@@H](c2ccccn2)[C@H]1c1cc(C)n(-c2ccccc2Br)c1C. The molecule has 1 aliphatic heterocycles. The van der Waals surface area contributed by atoms with E-state index in [2.05, 4.69) is 67.0 Å². The fourth-order valence-electron chi connectivity index (χ4n) is 5.26. The molecule has 2 atom stereocenters. The van der Waals surface area contributed by atoms with Gasteiger partial charge in [0.25, 0.3) is 0 Å². The van der Waals surface area contributed by atoms with Gasteiger partial charge in [0.05, 0.1) is 36.3 Å². The maximum atomic E-state index is 13.0. The van der Waals surface area contributed by atoms with Crippen LogP contribution in [-0.2, 0) is 4.79 Å². The summed E-state index contributed by atoms with van der Waals surface area (Å²) in [6.07, 6.45) is 2.05. The van der Waals surface area contributed by atoms with E-state index in [4.69, 9.17) is 17.0 Å². The standard InChI is InChI=1S/C30H30BrN5O2S/c1-19-18-21(20(2)36(19)25-13-6-4-10-22(25)31)29-28(24-12-8-9-16-32-24)34-30(39)35(29)17-15-27(37)33-23-11-5-7-14-26(23)38-3/h4-14,16,18,28-29H,15,17H2,1-3H3,(H,33,37)(H,34,39)/t28-,29+/m0/s1. The summed E-state index contributed by atoms with van der Waals surface area (Å²) in [7, 11) is 1.59. The van der Waals surface area contributed by atoms with Crippen LogP contribution in [0.4, 0.5) is 5.69 Å². The lowest BCUT2D eigenvalue weighted by Gasteiger charge is -2.28. The monoisotopic (exact) mass is 603 g/mol.